The minimum absolute atomic E-state index is 0.0216. The van der Waals surface area contributed by atoms with E-state index in [4.69, 9.17) is 0 Å². The lowest BCUT2D eigenvalue weighted by atomic mass is 9.94. The molecule has 2 aromatic carbocycles. The van der Waals surface area contributed by atoms with E-state index in [2.05, 4.69) is 51.3 Å². The van der Waals surface area contributed by atoms with Crippen LogP contribution < -0.4 is 0 Å². The van der Waals surface area contributed by atoms with Crippen molar-refractivity contribution in [3.63, 3.8) is 0 Å². The van der Waals surface area contributed by atoms with Crippen molar-refractivity contribution in [2.75, 3.05) is 39.3 Å². The highest BCUT2D eigenvalue weighted by atomic mass is 16.1. The van der Waals surface area contributed by atoms with E-state index in [0.29, 0.717) is 0 Å². The number of nitrogens with zero attached hydrogens (tertiary/aromatic N) is 2. The Labute approximate surface area is 245 Å². The van der Waals surface area contributed by atoms with Crippen LogP contribution in [0, 0.1) is 11.8 Å². The lowest BCUT2D eigenvalue weighted by molar-refractivity contribution is 0.0885. The summed E-state index contributed by atoms with van der Waals surface area (Å²) in [5, 5.41) is 0. The lowest BCUT2D eigenvalue weighted by Gasteiger charge is -2.25. The molecule has 2 unspecified atom stereocenters. The first-order valence-electron chi connectivity index (χ1n) is 16.1. The molecule has 0 radical (unpaired) electrons. The summed E-state index contributed by atoms with van der Waals surface area (Å²) in [4.78, 5) is 31.3. The molecule has 40 heavy (non-hydrogen) atoms. The molecule has 0 aliphatic carbocycles. The van der Waals surface area contributed by atoms with E-state index in [1.807, 2.05) is 48.5 Å². The highest BCUT2D eigenvalue weighted by Crippen LogP contribution is 2.23. The average Bonchev–Trinajstić information content (AvgIpc) is 2.99. The fraction of sp³-hybridized carbons (Fsp3) is 0.611. The average molecular weight is 549 g/mol. The van der Waals surface area contributed by atoms with Gasteiger partial charge in [-0.2, -0.15) is 0 Å². The molecule has 4 heteroatoms. The van der Waals surface area contributed by atoms with Gasteiger partial charge in [-0.15, -0.1) is 0 Å². The molecule has 0 fully saturated rings. The van der Waals surface area contributed by atoms with Crippen molar-refractivity contribution in [1.29, 1.82) is 0 Å². The molecular formula is C36H56N2O2. The number of hydrogen-bond acceptors (Lipinski definition) is 4. The number of carbonyl (C=O) groups excluding carboxylic acids is 2. The number of ketones is 2. The Balaban J connectivity index is 2.00. The van der Waals surface area contributed by atoms with Crippen LogP contribution in [0.2, 0.25) is 0 Å². The lowest BCUT2D eigenvalue weighted by Crippen LogP contribution is -2.33. The molecular weight excluding hydrogens is 492 g/mol. The molecule has 0 saturated carbocycles. The molecule has 4 nitrogen and oxygen atoms in total. The normalized spacial score (nSPS) is 13.1. The summed E-state index contributed by atoms with van der Waals surface area (Å²) < 4.78 is 0. The third-order valence-corrected chi connectivity index (χ3v) is 7.94. The maximum Gasteiger partial charge on any atom is 0.166 e. The molecule has 0 bridgehead atoms. The Morgan fingerprint density at radius 2 is 0.800 bits per heavy atom. The van der Waals surface area contributed by atoms with Gasteiger partial charge in [0.2, 0.25) is 0 Å². The third-order valence-electron chi connectivity index (χ3n) is 7.94. The molecule has 0 aromatic heterocycles. The minimum atomic E-state index is -0.0216. The van der Waals surface area contributed by atoms with Gasteiger partial charge in [-0.05, 0) is 63.0 Å². The molecule has 0 amide bonds. The summed E-state index contributed by atoms with van der Waals surface area (Å²) in [7, 11) is 0. The molecule has 2 aromatic rings. The van der Waals surface area contributed by atoms with Crippen LogP contribution in [-0.2, 0) is 0 Å². The Morgan fingerprint density at radius 1 is 0.525 bits per heavy atom. The van der Waals surface area contributed by atoms with Gasteiger partial charge < -0.3 is 9.80 Å². The SMILES string of the molecule is CCCCN(CCCC)CC(C)C(=O)c1ccc(-c2ccc(C(=O)C(C)CN(CCCC)CCCC)cc2)cc1. The van der Waals surface area contributed by atoms with E-state index >= 15 is 0 Å². The number of Topliss-reactive ketones (excluding diaryl/α,β-unsaturated/α-hetero) is 2. The molecule has 2 atom stereocenters. The van der Waals surface area contributed by atoms with Gasteiger partial charge in [0.25, 0.3) is 0 Å². The summed E-state index contributed by atoms with van der Waals surface area (Å²) in [5.41, 5.74) is 3.68. The highest BCUT2D eigenvalue weighted by molar-refractivity contribution is 5.99. The minimum Gasteiger partial charge on any atom is -0.303 e. The van der Waals surface area contributed by atoms with Crippen molar-refractivity contribution in [2.45, 2.75) is 92.9 Å². The van der Waals surface area contributed by atoms with Crippen LogP contribution in [0.4, 0.5) is 0 Å². The van der Waals surface area contributed by atoms with Crippen LogP contribution in [0.1, 0.15) is 114 Å². The Hall–Kier alpha value is -2.30. The molecule has 0 heterocycles. The first-order valence-corrected chi connectivity index (χ1v) is 16.1. The van der Waals surface area contributed by atoms with Gasteiger partial charge in [0.1, 0.15) is 0 Å². The summed E-state index contributed by atoms with van der Waals surface area (Å²) in [6.07, 6.45) is 9.43. The van der Waals surface area contributed by atoms with Gasteiger partial charge in [0.05, 0.1) is 0 Å². The van der Waals surface area contributed by atoms with E-state index in [0.717, 1.165) is 61.5 Å². The second kappa shape index (κ2) is 18.9. The second-order valence-corrected chi connectivity index (χ2v) is 11.7. The fourth-order valence-corrected chi connectivity index (χ4v) is 5.28. The van der Waals surface area contributed by atoms with Crippen LogP contribution in [0.25, 0.3) is 11.1 Å². The molecule has 2 rings (SSSR count). The van der Waals surface area contributed by atoms with Gasteiger partial charge in [-0.1, -0.05) is 116 Å². The summed E-state index contributed by atoms with van der Waals surface area (Å²) in [5.74, 6) is 0.385. The highest BCUT2D eigenvalue weighted by Gasteiger charge is 2.20. The Morgan fingerprint density at radius 3 is 1.05 bits per heavy atom. The molecule has 0 spiro atoms. The van der Waals surface area contributed by atoms with Crippen molar-refractivity contribution < 1.29 is 9.59 Å². The van der Waals surface area contributed by atoms with E-state index in [1.54, 1.807) is 0 Å². The molecule has 0 aliphatic heterocycles. The summed E-state index contributed by atoms with van der Waals surface area (Å²) >= 11 is 0. The quantitative estimate of drug-likeness (QED) is 0.146. The van der Waals surface area contributed by atoms with Crippen molar-refractivity contribution in [3.8, 4) is 11.1 Å². The monoisotopic (exact) mass is 548 g/mol. The van der Waals surface area contributed by atoms with Crippen LogP contribution in [0.15, 0.2) is 48.5 Å². The predicted octanol–water partition coefficient (Wildman–Crippen LogP) is 8.80. The second-order valence-electron chi connectivity index (χ2n) is 11.7. The van der Waals surface area contributed by atoms with E-state index in [-0.39, 0.29) is 23.4 Å². The van der Waals surface area contributed by atoms with Gasteiger partial charge >= 0.3 is 0 Å². The van der Waals surface area contributed by atoms with E-state index < -0.39 is 0 Å². The Bertz CT molecular complexity index is 885. The molecule has 222 valence electrons. The van der Waals surface area contributed by atoms with Crippen LogP contribution in [0.3, 0.4) is 0 Å². The fourth-order valence-electron chi connectivity index (χ4n) is 5.28. The van der Waals surface area contributed by atoms with Crippen LogP contribution >= 0.6 is 0 Å². The largest absolute Gasteiger partial charge is 0.303 e. The van der Waals surface area contributed by atoms with Crippen molar-refractivity contribution in [2.24, 2.45) is 11.8 Å². The van der Waals surface area contributed by atoms with Crippen molar-refractivity contribution >= 4 is 11.6 Å². The smallest absolute Gasteiger partial charge is 0.166 e. The maximum atomic E-state index is 13.2. The first-order chi connectivity index (χ1) is 19.3. The zero-order valence-corrected chi connectivity index (χ0v) is 26.4. The number of rotatable bonds is 21. The van der Waals surface area contributed by atoms with Crippen molar-refractivity contribution in [3.05, 3.63) is 59.7 Å². The molecule has 0 aliphatic rings. The van der Waals surface area contributed by atoms with E-state index in [1.165, 1.54) is 51.4 Å². The number of unbranched alkanes of at least 4 members (excludes halogenated alkanes) is 4. The number of benzene rings is 2. The predicted molar refractivity (Wildman–Crippen MR) is 171 cm³/mol. The first kappa shape index (κ1) is 33.9. The van der Waals surface area contributed by atoms with Crippen molar-refractivity contribution in [1.82, 2.24) is 9.80 Å². The standard InChI is InChI=1S/C36H56N2O2/c1-7-11-23-37(24-12-8-2)27-29(5)35(39)33-19-15-31(16-20-33)32-17-21-34(22-18-32)36(40)30(6)28-38(25-13-9-3)26-14-10-4/h15-22,29-30H,7-14,23-28H2,1-6H3. The third kappa shape index (κ3) is 11.3. The number of carbonyl (C=O) groups is 2. The van der Waals surface area contributed by atoms with Crippen LogP contribution in [0.5, 0.6) is 0 Å². The van der Waals surface area contributed by atoms with Gasteiger partial charge in [-0.25, -0.2) is 0 Å². The topological polar surface area (TPSA) is 40.6 Å². The Kier molecular flexibility index (Phi) is 16.1. The summed E-state index contributed by atoms with van der Waals surface area (Å²) in [6, 6.07) is 16.0. The number of hydrogen-bond donors (Lipinski definition) is 0. The maximum absolute atomic E-state index is 13.2. The zero-order valence-electron chi connectivity index (χ0n) is 26.4. The van der Waals surface area contributed by atoms with Gasteiger partial charge in [-0.3, -0.25) is 9.59 Å². The van der Waals surface area contributed by atoms with Gasteiger partial charge in [0.15, 0.2) is 11.6 Å². The summed E-state index contributed by atoms with van der Waals surface area (Å²) in [6.45, 7) is 18.9. The van der Waals surface area contributed by atoms with E-state index in [9.17, 15) is 9.59 Å². The van der Waals surface area contributed by atoms with Gasteiger partial charge in [0, 0.05) is 36.1 Å². The zero-order chi connectivity index (χ0) is 29.3. The van der Waals surface area contributed by atoms with Crippen LogP contribution in [-0.4, -0.2) is 60.6 Å². The molecule has 0 saturated heterocycles. The molecule has 0 N–H and O–H groups in total.